The van der Waals surface area contributed by atoms with Gasteiger partial charge in [0.1, 0.15) is 17.1 Å². The number of hydrogen-bond donors (Lipinski definition) is 0. The molecule has 22 heavy (non-hydrogen) atoms. The number of benzene rings is 1. The van der Waals surface area contributed by atoms with Crippen molar-refractivity contribution in [3.05, 3.63) is 53.6 Å². The number of ether oxygens (including phenoxy) is 1. The molecule has 1 aromatic carbocycles. The van der Waals surface area contributed by atoms with E-state index in [1.165, 1.54) is 23.4 Å². The molecular weight excluding hydrogens is 279 g/mol. The van der Waals surface area contributed by atoms with Crippen LogP contribution in [0.25, 0.3) is 10.9 Å². The van der Waals surface area contributed by atoms with Gasteiger partial charge >= 0.3 is 0 Å². The molecule has 0 radical (unpaired) electrons. The third kappa shape index (κ3) is 2.45. The van der Waals surface area contributed by atoms with E-state index in [0.29, 0.717) is 11.6 Å². The summed E-state index contributed by atoms with van der Waals surface area (Å²) in [6.07, 6.45) is 2.79. The van der Waals surface area contributed by atoms with E-state index in [-0.39, 0.29) is 5.82 Å². The van der Waals surface area contributed by atoms with Crippen LogP contribution in [0.1, 0.15) is 24.6 Å². The molecule has 3 nitrogen and oxygen atoms in total. The summed E-state index contributed by atoms with van der Waals surface area (Å²) in [5.41, 5.74) is 3.48. The number of pyridine rings is 1. The Bertz CT molecular complexity index is 806. The van der Waals surface area contributed by atoms with Gasteiger partial charge in [0, 0.05) is 23.8 Å². The molecule has 0 bridgehead atoms. The molecule has 0 fully saturated rings. The minimum Gasteiger partial charge on any atom is -0.437 e. The van der Waals surface area contributed by atoms with Crippen molar-refractivity contribution in [2.75, 3.05) is 0 Å². The van der Waals surface area contributed by atoms with Gasteiger partial charge in [-0.25, -0.2) is 9.37 Å². The lowest BCUT2D eigenvalue weighted by Gasteiger charge is -2.10. The first-order valence-electron chi connectivity index (χ1n) is 7.49. The van der Waals surface area contributed by atoms with E-state index < -0.39 is 0 Å². The van der Waals surface area contributed by atoms with Crippen LogP contribution in [0.3, 0.4) is 0 Å². The third-order valence-corrected chi connectivity index (χ3v) is 3.99. The normalized spacial score (nSPS) is 11.1. The molecule has 2 aromatic heterocycles. The SMILES string of the molecule is CCCn1c(C)c(C)c2ccnc(Oc3ccc(F)cc3)c21. The highest BCUT2D eigenvalue weighted by Crippen LogP contribution is 2.33. The molecule has 0 unspecified atom stereocenters. The number of aryl methyl sites for hydroxylation is 2. The number of nitrogens with zero attached hydrogens (tertiary/aromatic N) is 2. The predicted octanol–water partition coefficient (Wildman–Crippen LogP) is 4.99. The van der Waals surface area contributed by atoms with Crippen molar-refractivity contribution in [2.45, 2.75) is 33.7 Å². The number of hydrogen-bond acceptors (Lipinski definition) is 2. The lowest BCUT2D eigenvalue weighted by atomic mass is 10.2. The fraction of sp³-hybridized carbons (Fsp3) is 0.278. The summed E-state index contributed by atoms with van der Waals surface area (Å²) in [6, 6.07) is 8.01. The van der Waals surface area contributed by atoms with Crippen molar-refractivity contribution in [3.8, 4) is 11.6 Å². The van der Waals surface area contributed by atoms with Crippen LogP contribution in [0.2, 0.25) is 0 Å². The first-order chi connectivity index (χ1) is 10.6. The van der Waals surface area contributed by atoms with Gasteiger partial charge in [-0.3, -0.25) is 0 Å². The van der Waals surface area contributed by atoms with E-state index in [4.69, 9.17) is 4.74 Å². The Kier molecular flexibility index (Phi) is 3.84. The van der Waals surface area contributed by atoms with Crippen LogP contribution in [-0.4, -0.2) is 9.55 Å². The second-order valence-corrected chi connectivity index (χ2v) is 5.43. The van der Waals surface area contributed by atoms with Gasteiger partial charge in [0.05, 0.1) is 0 Å². The highest BCUT2D eigenvalue weighted by molar-refractivity contribution is 5.89. The van der Waals surface area contributed by atoms with Gasteiger partial charge in [0.25, 0.3) is 0 Å². The molecule has 0 aliphatic rings. The van der Waals surface area contributed by atoms with E-state index >= 15 is 0 Å². The van der Waals surface area contributed by atoms with Crippen molar-refractivity contribution >= 4 is 10.9 Å². The molecule has 0 amide bonds. The average molecular weight is 298 g/mol. The molecule has 0 atom stereocenters. The van der Waals surface area contributed by atoms with Gasteiger partial charge in [0.2, 0.25) is 5.88 Å². The second-order valence-electron chi connectivity index (χ2n) is 5.43. The number of rotatable bonds is 4. The quantitative estimate of drug-likeness (QED) is 0.678. The summed E-state index contributed by atoms with van der Waals surface area (Å²) >= 11 is 0. The van der Waals surface area contributed by atoms with Crippen LogP contribution in [-0.2, 0) is 6.54 Å². The molecule has 3 rings (SSSR count). The van der Waals surface area contributed by atoms with E-state index in [1.807, 2.05) is 6.07 Å². The largest absolute Gasteiger partial charge is 0.437 e. The Morgan fingerprint density at radius 2 is 1.86 bits per heavy atom. The van der Waals surface area contributed by atoms with Crippen molar-refractivity contribution < 1.29 is 9.13 Å². The summed E-state index contributed by atoms with van der Waals surface area (Å²) in [7, 11) is 0. The molecule has 0 aliphatic heterocycles. The van der Waals surface area contributed by atoms with E-state index in [9.17, 15) is 4.39 Å². The van der Waals surface area contributed by atoms with Crippen molar-refractivity contribution in [1.82, 2.24) is 9.55 Å². The molecular formula is C18H19FN2O. The minimum absolute atomic E-state index is 0.278. The third-order valence-electron chi connectivity index (χ3n) is 3.99. The van der Waals surface area contributed by atoms with E-state index in [2.05, 4.69) is 30.3 Å². The summed E-state index contributed by atoms with van der Waals surface area (Å²) in [5, 5.41) is 1.15. The first-order valence-corrected chi connectivity index (χ1v) is 7.49. The summed E-state index contributed by atoms with van der Waals surface area (Å²) < 4.78 is 21.2. The van der Waals surface area contributed by atoms with Crippen LogP contribution >= 0.6 is 0 Å². The van der Waals surface area contributed by atoms with Crippen LogP contribution in [0.4, 0.5) is 4.39 Å². The van der Waals surface area contributed by atoms with Crippen LogP contribution in [0.15, 0.2) is 36.5 Å². The van der Waals surface area contributed by atoms with Gasteiger partial charge in [0.15, 0.2) is 0 Å². The van der Waals surface area contributed by atoms with Crippen molar-refractivity contribution in [3.63, 3.8) is 0 Å². The van der Waals surface area contributed by atoms with Gasteiger partial charge in [-0.2, -0.15) is 0 Å². The maximum Gasteiger partial charge on any atom is 0.244 e. The lowest BCUT2D eigenvalue weighted by molar-refractivity contribution is 0.463. The Morgan fingerprint density at radius 1 is 1.14 bits per heavy atom. The monoisotopic (exact) mass is 298 g/mol. The van der Waals surface area contributed by atoms with Crippen LogP contribution in [0, 0.1) is 19.7 Å². The first kappa shape index (κ1) is 14.6. The maximum absolute atomic E-state index is 13.0. The van der Waals surface area contributed by atoms with Gasteiger partial charge in [-0.05, 0) is 56.2 Å². The highest BCUT2D eigenvalue weighted by Gasteiger charge is 2.16. The van der Waals surface area contributed by atoms with E-state index in [0.717, 1.165) is 23.9 Å². The predicted molar refractivity (Wildman–Crippen MR) is 86.0 cm³/mol. The smallest absolute Gasteiger partial charge is 0.244 e. The molecule has 3 aromatic rings. The van der Waals surface area contributed by atoms with Gasteiger partial charge in [-0.1, -0.05) is 6.92 Å². The van der Waals surface area contributed by atoms with Crippen molar-refractivity contribution in [1.29, 1.82) is 0 Å². The van der Waals surface area contributed by atoms with E-state index in [1.54, 1.807) is 18.3 Å². The topological polar surface area (TPSA) is 27.1 Å². The Hall–Kier alpha value is -2.36. The molecule has 0 N–H and O–H groups in total. The number of aromatic nitrogens is 2. The standard InChI is InChI=1S/C18H19FN2O/c1-4-11-21-13(3)12(2)16-9-10-20-18(17(16)21)22-15-7-5-14(19)6-8-15/h5-10H,4,11H2,1-3H3. The van der Waals surface area contributed by atoms with Gasteiger partial charge in [-0.15, -0.1) is 0 Å². The maximum atomic E-state index is 13.0. The second kappa shape index (κ2) is 5.79. The molecule has 0 aliphatic carbocycles. The fourth-order valence-corrected chi connectivity index (χ4v) is 2.76. The fourth-order valence-electron chi connectivity index (χ4n) is 2.76. The molecule has 2 heterocycles. The van der Waals surface area contributed by atoms with Crippen LogP contribution < -0.4 is 4.74 Å². The zero-order valence-corrected chi connectivity index (χ0v) is 13.1. The zero-order valence-electron chi connectivity index (χ0n) is 13.1. The molecule has 114 valence electrons. The lowest BCUT2D eigenvalue weighted by Crippen LogP contribution is -2.01. The van der Waals surface area contributed by atoms with Crippen molar-refractivity contribution in [2.24, 2.45) is 0 Å². The summed E-state index contributed by atoms with van der Waals surface area (Å²) in [6.45, 7) is 7.30. The molecule has 0 saturated heterocycles. The summed E-state index contributed by atoms with van der Waals surface area (Å²) in [4.78, 5) is 4.39. The minimum atomic E-state index is -0.278. The summed E-state index contributed by atoms with van der Waals surface area (Å²) in [5.74, 6) is 0.870. The number of fused-ring (bicyclic) bond motifs is 1. The highest BCUT2D eigenvalue weighted by atomic mass is 19.1. The van der Waals surface area contributed by atoms with Crippen LogP contribution in [0.5, 0.6) is 11.6 Å². The molecule has 0 saturated carbocycles. The molecule has 0 spiro atoms. The van der Waals surface area contributed by atoms with Gasteiger partial charge < -0.3 is 9.30 Å². The number of halogens is 1. The Labute approximate surface area is 129 Å². The molecule has 4 heteroatoms. The zero-order chi connectivity index (χ0) is 15.7. The Balaban J connectivity index is 2.13. The Morgan fingerprint density at radius 3 is 2.55 bits per heavy atom. The average Bonchev–Trinajstić information content (AvgIpc) is 2.76.